The molecule has 0 aliphatic rings. The van der Waals surface area contributed by atoms with E-state index in [-0.39, 0.29) is 0 Å². The maximum atomic E-state index is 7.19. The highest BCUT2D eigenvalue weighted by Gasteiger charge is 2.19. The van der Waals surface area contributed by atoms with E-state index in [0.29, 0.717) is 25.0 Å². The molecular formula is C24H35N5OS. The summed E-state index contributed by atoms with van der Waals surface area (Å²) in [6.07, 6.45) is 8.07. The summed E-state index contributed by atoms with van der Waals surface area (Å²) in [7, 11) is 1.68. The van der Waals surface area contributed by atoms with Crippen LogP contribution in [-0.4, -0.2) is 35.1 Å². The maximum absolute atomic E-state index is 7.19. The summed E-state index contributed by atoms with van der Waals surface area (Å²) in [6, 6.07) is 6.29. The van der Waals surface area contributed by atoms with Gasteiger partial charge in [-0.2, -0.15) is 16.7 Å². The Kier molecular flexibility index (Phi) is 10.5. The predicted octanol–water partition coefficient (Wildman–Crippen LogP) is 5.36. The molecular weight excluding hydrogens is 406 g/mol. The lowest BCUT2D eigenvalue weighted by Crippen LogP contribution is -2.23. The number of hydrogen-bond acceptors (Lipinski definition) is 6. The second-order valence-corrected chi connectivity index (χ2v) is 8.60. The summed E-state index contributed by atoms with van der Waals surface area (Å²) >= 11 is 1.86. The number of nitrogens with two attached hydrogens (primary N) is 1. The van der Waals surface area contributed by atoms with Crippen LogP contribution in [0.4, 0.5) is 11.8 Å². The standard InChI is InChI=1S/C24H35N5OS/c1-6-8-9-19(12-13-31-5)27-23-20(21(7-2)28-24(25)29-23)15-18-14-17(16-26-3)10-11-22(18)30-4/h10-11,14,19H,6-9,12-13,15-16H2,1-2,4-5H3,(H3,25,27,28,29)/t19-/m0/s1. The fourth-order valence-corrected chi connectivity index (χ4v) is 4.21. The van der Waals surface area contributed by atoms with Crippen molar-refractivity contribution < 1.29 is 4.74 Å². The first-order chi connectivity index (χ1) is 15.1. The molecule has 7 heteroatoms. The number of nitrogen functional groups attached to an aromatic ring is 1. The first kappa shape index (κ1) is 24.8. The lowest BCUT2D eigenvalue weighted by atomic mass is 9.99. The fraction of sp³-hybridized carbons (Fsp3) is 0.542. The van der Waals surface area contributed by atoms with Gasteiger partial charge in [-0.1, -0.05) is 26.7 Å². The van der Waals surface area contributed by atoms with Crippen LogP contribution in [-0.2, 0) is 19.4 Å². The molecule has 0 radical (unpaired) electrons. The van der Waals surface area contributed by atoms with Gasteiger partial charge in [-0.25, -0.2) is 11.6 Å². The number of nitrogens with zero attached hydrogens (tertiary/aromatic N) is 3. The second kappa shape index (κ2) is 13.1. The number of rotatable bonds is 13. The zero-order valence-corrected chi connectivity index (χ0v) is 20.0. The number of nitrogens with one attached hydrogen (secondary N) is 1. The number of aromatic nitrogens is 2. The van der Waals surface area contributed by atoms with Crippen LogP contribution in [0.1, 0.15) is 61.9 Å². The quantitative estimate of drug-likeness (QED) is 0.407. The molecule has 0 spiro atoms. The molecule has 1 aromatic heterocycles. The van der Waals surface area contributed by atoms with E-state index in [4.69, 9.17) is 17.0 Å². The smallest absolute Gasteiger partial charge is 0.239 e. The van der Waals surface area contributed by atoms with E-state index in [1.807, 2.05) is 23.9 Å². The van der Waals surface area contributed by atoms with E-state index in [1.54, 1.807) is 7.11 Å². The zero-order valence-electron chi connectivity index (χ0n) is 19.2. The monoisotopic (exact) mass is 441 g/mol. The van der Waals surface area contributed by atoms with Gasteiger partial charge in [0.25, 0.3) is 0 Å². The molecule has 2 rings (SSSR count). The normalized spacial score (nSPS) is 11.7. The molecule has 0 bridgehead atoms. The Morgan fingerprint density at radius 1 is 1.26 bits per heavy atom. The highest BCUT2D eigenvalue weighted by molar-refractivity contribution is 7.98. The topological polar surface area (TPSA) is 77.4 Å². The van der Waals surface area contributed by atoms with E-state index < -0.39 is 0 Å². The summed E-state index contributed by atoms with van der Waals surface area (Å²) in [6.45, 7) is 11.9. The number of methoxy groups -OCH3 is 1. The van der Waals surface area contributed by atoms with Crippen molar-refractivity contribution in [1.82, 2.24) is 9.97 Å². The van der Waals surface area contributed by atoms with Gasteiger partial charge in [-0.3, -0.25) is 0 Å². The molecule has 1 atom stereocenters. The van der Waals surface area contributed by atoms with Crippen LogP contribution in [0.25, 0.3) is 4.85 Å². The summed E-state index contributed by atoms with van der Waals surface area (Å²) in [5.41, 5.74) is 10.1. The van der Waals surface area contributed by atoms with Crippen LogP contribution in [0, 0.1) is 6.57 Å². The van der Waals surface area contributed by atoms with Gasteiger partial charge in [0, 0.05) is 23.6 Å². The Labute approximate surface area is 191 Å². The molecule has 0 aliphatic heterocycles. The third kappa shape index (κ3) is 7.32. The van der Waals surface area contributed by atoms with E-state index in [0.717, 1.165) is 59.0 Å². The van der Waals surface area contributed by atoms with Crippen LogP contribution in [0.5, 0.6) is 5.75 Å². The molecule has 6 nitrogen and oxygen atoms in total. The van der Waals surface area contributed by atoms with Crippen molar-refractivity contribution in [2.75, 3.05) is 30.2 Å². The van der Waals surface area contributed by atoms with Crippen molar-refractivity contribution in [2.24, 2.45) is 0 Å². The first-order valence-electron chi connectivity index (χ1n) is 11.0. The van der Waals surface area contributed by atoms with Gasteiger partial charge in [0.05, 0.1) is 12.8 Å². The molecule has 0 fully saturated rings. The lowest BCUT2D eigenvalue weighted by Gasteiger charge is -2.22. The molecule has 0 unspecified atom stereocenters. The third-order valence-corrected chi connectivity index (χ3v) is 5.98. The number of unbranched alkanes of at least 4 members (excludes halogenated alkanes) is 1. The zero-order chi connectivity index (χ0) is 22.6. The second-order valence-electron chi connectivity index (χ2n) is 7.61. The Morgan fingerprint density at radius 2 is 2.06 bits per heavy atom. The van der Waals surface area contributed by atoms with Crippen LogP contribution < -0.4 is 15.8 Å². The minimum atomic E-state index is 0.302. The number of thioether (sulfide) groups is 1. The Morgan fingerprint density at radius 3 is 2.71 bits per heavy atom. The van der Waals surface area contributed by atoms with Crippen molar-refractivity contribution in [2.45, 2.75) is 65.0 Å². The number of hydrogen-bond donors (Lipinski definition) is 2. The van der Waals surface area contributed by atoms with Crippen molar-refractivity contribution in [1.29, 1.82) is 0 Å². The Balaban J connectivity index is 2.44. The van der Waals surface area contributed by atoms with Gasteiger partial charge in [0.1, 0.15) is 11.6 Å². The van der Waals surface area contributed by atoms with Gasteiger partial charge < -0.3 is 20.6 Å². The molecule has 0 aliphatic carbocycles. The molecule has 0 saturated heterocycles. The van der Waals surface area contributed by atoms with Crippen LogP contribution >= 0.6 is 11.8 Å². The summed E-state index contributed by atoms with van der Waals surface area (Å²) in [4.78, 5) is 12.7. The molecule has 168 valence electrons. The van der Waals surface area contributed by atoms with E-state index >= 15 is 0 Å². The Bertz CT molecular complexity index is 873. The minimum absolute atomic E-state index is 0.302. The SMILES string of the molecule is [C-]#[N+]Cc1ccc(OC)c(Cc2c(CC)nc(N)nc2N[C@@H](CCCC)CCSC)c1. The number of anilines is 2. The van der Waals surface area contributed by atoms with Crippen LogP contribution in [0.15, 0.2) is 18.2 Å². The van der Waals surface area contributed by atoms with Crippen molar-refractivity contribution in [3.8, 4) is 5.75 Å². The van der Waals surface area contributed by atoms with Gasteiger partial charge >= 0.3 is 0 Å². The van der Waals surface area contributed by atoms with Crippen molar-refractivity contribution in [3.05, 3.63) is 52.0 Å². The maximum Gasteiger partial charge on any atom is 0.239 e. The van der Waals surface area contributed by atoms with E-state index in [1.165, 1.54) is 12.8 Å². The number of ether oxygens (including phenoxy) is 1. The van der Waals surface area contributed by atoms with Gasteiger partial charge in [0.15, 0.2) is 0 Å². The largest absolute Gasteiger partial charge is 0.496 e. The Hall–Kier alpha value is -2.46. The van der Waals surface area contributed by atoms with Crippen molar-refractivity contribution >= 4 is 23.5 Å². The minimum Gasteiger partial charge on any atom is -0.496 e. The molecule has 1 heterocycles. The molecule has 31 heavy (non-hydrogen) atoms. The lowest BCUT2D eigenvalue weighted by molar-refractivity contribution is 0.410. The molecule has 2 aromatic rings. The van der Waals surface area contributed by atoms with Crippen molar-refractivity contribution in [3.63, 3.8) is 0 Å². The molecule has 1 aromatic carbocycles. The molecule has 0 saturated carbocycles. The van der Waals surface area contributed by atoms with E-state index in [2.05, 4.69) is 46.3 Å². The summed E-state index contributed by atoms with van der Waals surface area (Å²) in [5, 5.41) is 3.70. The molecule has 0 amide bonds. The molecule has 3 N–H and O–H groups in total. The summed E-state index contributed by atoms with van der Waals surface area (Å²) < 4.78 is 5.61. The third-order valence-electron chi connectivity index (χ3n) is 5.34. The average molecular weight is 442 g/mol. The van der Waals surface area contributed by atoms with Gasteiger partial charge in [0.2, 0.25) is 12.5 Å². The average Bonchev–Trinajstić information content (AvgIpc) is 2.77. The number of benzene rings is 1. The van der Waals surface area contributed by atoms with E-state index in [9.17, 15) is 0 Å². The van der Waals surface area contributed by atoms with Crippen LogP contribution in [0.2, 0.25) is 0 Å². The number of aryl methyl sites for hydroxylation is 1. The van der Waals surface area contributed by atoms with Gasteiger partial charge in [-0.15, -0.1) is 0 Å². The fourth-order valence-electron chi connectivity index (χ4n) is 3.69. The summed E-state index contributed by atoms with van der Waals surface area (Å²) in [5.74, 6) is 3.04. The van der Waals surface area contributed by atoms with Crippen LogP contribution in [0.3, 0.4) is 0 Å². The van der Waals surface area contributed by atoms with Gasteiger partial charge in [-0.05, 0) is 55.0 Å². The predicted molar refractivity (Wildman–Crippen MR) is 132 cm³/mol. The first-order valence-corrected chi connectivity index (χ1v) is 12.3. The highest BCUT2D eigenvalue weighted by Crippen LogP contribution is 2.29. The highest BCUT2D eigenvalue weighted by atomic mass is 32.2.